The molecule has 0 saturated heterocycles. The van der Waals surface area contributed by atoms with Crippen molar-refractivity contribution in [2.24, 2.45) is 5.92 Å². The first-order chi connectivity index (χ1) is 8.66. The van der Waals surface area contributed by atoms with Crippen LogP contribution in [0.15, 0.2) is 30.3 Å². The molecule has 1 aromatic carbocycles. The van der Waals surface area contributed by atoms with E-state index in [9.17, 15) is 10.2 Å². The molecule has 2 rings (SSSR count). The second-order valence-electron chi connectivity index (χ2n) is 5.43. The lowest BCUT2D eigenvalue weighted by Crippen LogP contribution is -2.42. The van der Waals surface area contributed by atoms with Crippen molar-refractivity contribution in [2.75, 3.05) is 13.6 Å². The summed E-state index contributed by atoms with van der Waals surface area (Å²) in [4.78, 5) is 2.22. The van der Waals surface area contributed by atoms with Gasteiger partial charge in [0, 0.05) is 19.0 Å². The third kappa shape index (κ3) is 3.55. The molecule has 100 valence electrons. The van der Waals surface area contributed by atoms with Crippen LogP contribution in [0.2, 0.25) is 0 Å². The van der Waals surface area contributed by atoms with Crippen LogP contribution >= 0.6 is 0 Å². The summed E-state index contributed by atoms with van der Waals surface area (Å²) in [6.07, 6.45) is 1.67. The average molecular weight is 249 g/mol. The molecule has 3 nitrogen and oxygen atoms in total. The maximum Gasteiger partial charge on any atom is 0.0839 e. The minimum absolute atomic E-state index is 0.197. The Labute approximate surface area is 109 Å². The fraction of sp³-hybridized carbons (Fsp3) is 0.600. The van der Waals surface area contributed by atoms with Crippen LogP contribution in [-0.4, -0.2) is 40.9 Å². The molecule has 0 unspecified atom stereocenters. The zero-order chi connectivity index (χ0) is 13.0. The molecule has 0 amide bonds. The lowest BCUT2D eigenvalue weighted by atomic mass is 9.84. The fourth-order valence-corrected chi connectivity index (χ4v) is 2.80. The fourth-order valence-electron chi connectivity index (χ4n) is 2.80. The molecule has 3 heteroatoms. The Balaban J connectivity index is 1.85. The third-order valence-corrected chi connectivity index (χ3v) is 3.79. The maximum absolute atomic E-state index is 9.98. The van der Waals surface area contributed by atoms with Gasteiger partial charge in [0.25, 0.3) is 0 Å². The minimum atomic E-state index is -0.558. The molecule has 0 bridgehead atoms. The van der Waals surface area contributed by atoms with E-state index in [-0.39, 0.29) is 5.92 Å². The molecule has 0 radical (unpaired) electrons. The van der Waals surface area contributed by atoms with E-state index in [1.165, 1.54) is 5.56 Å². The molecule has 0 heterocycles. The van der Waals surface area contributed by atoms with Crippen molar-refractivity contribution in [1.82, 2.24) is 4.90 Å². The van der Waals surface area contributed by atoms with E-state index >= 15 is 0 Å². The molecule has 2 N–H and O–H groups in total. The Kier molecular flexibility index (Phi) is 4.75. The van der Waals surface area contributed by atoms with Gasteiger partial charge >= 0.3 is 0 Å². The molecule has 18 heavy (non-hydrogen) atoms. The van der Waals surface area contributed by atoms with Crippen molar-refractivity contribution in [2.45, 2.75) is 38.0 Å². The van der Waals surface area contributed by atoms with Crippen LogP contribution in [0.25, 0.3) is 0 Å². The second kappa shape index (κ2) is 6.32. The first-order valence-electron chi connectivity index (χ1n) is 6.75. The Morgan fingerprint density at radius 3 is 2.61 bits per heavy atom. The first-order valence-corrected chi connectivity index (χ1v) is 6.75. The molecule has 3 atom stereocenters. The quantitative estimate of drug-likeness (QED) is 0.852. The Bertz CT molecular complexity index is 355. The van der Waals surface area contributed by atoms with E-state index in [0.29, 0.717) is 0 Å². The van der Waals surface area contributed by atoms with Crippen molar-refractivity contribution in [3.8, 4) is 0 Å². The molecular weight excluding hydrogens is 226 g/mol. The van der Waals surface area contributed by atoms with Crippen LogP contribution in [0.3, 0.4) is 0 Å². The first kappa shape index (κ1) is 13.5. The summed E-state index contributed by atoms with van der Waals surface area (Å²) in [6.45, 7) is 1.73. The average Bonchev–Trinajstić information content (AvgIpc) is 2.36. The number of nitrogens with zero attached hydrogens (tertiary/aromatic N) is 1. The molecule has 0 spiro atoms. The smallest absolute Gasteiger partial charge is 0.0839 e. The Hall–Kier alpha value is -0.900. The van der Waals surface area contributed by atoms with Crippen molar-refractivity contribution in [3.05, 3.63) is 35.9 Å². The molecule has 1 fully saturated rings. The second-order valence-corrected chi connectivity index (χ2v) is 5.43. The van der Waals surface area contributed by atoms with Gasteiger partial charge in [-0.3, -0.25) is 0 Å². The topological polar surface area (TPSA) is 43.7 Å². The SMILES string of the molecule is CN(Cc1ccccc1)C[C@@H]1CCC[C@@H](O)[C@@H]1O. The monoisotopic (exact) mass is 249 g/mol. The zero-order valence-electron chi connectivity index (χ0n) is 11.0. The highest BCUT2D eigenvalue weighted by molar-refractivity contribution is 5.14. The van der Waals surface area contributed by atoms with E-state index < -0.39 is 12.2 Å². The summed E-state index contributed by atoms with van der Waals surface area (Å²) in [6, 6.07) is 10.3. The van der Waals surface area contributed by atoms with Crippen LogP contribution in [0.5, 0.6) is 0 Å². The summed E-state index contributed by atoms with van der Waals surface area (Å²) >= 11 is 0. The van der Waals surface area contributed by atoms with Gasteiger partial charge < -0.3 is 15.1 Å². The normalized spacial score (nSPS) is 28.6. The minimum Gasteiger partial charge on any atom is -0.390 e. The number of rotatable bonds is 4. The molecule has 0 aromatic heterocycles. The van der Waals surface area contributed by atoms with Gasteiger partial charge in [-0.1, -0.05) is 36.8 Å². The van der Waals surface area contributed by atoms with Gasteiger partial charge in [0.1, 0.15) is 0 Å². The van der Waals surface area contributed by atoms with E-state index in [2.05, 4.69) is 24.1 Å². The maximum atomic E-state index is 9.98. The van der Waals surface area contributed by atoms with Gasteiger partial charge in [-0.15, -0.1) is 0 Å². The standard InChI is InChI=1S/C15H23NO2/c1-16(10-12-6-3-2-4-7-12)11-13-8-5-9-14(17)15(13)18/h2-4,6-7,13-15,17-18H,5,8-11H2,1H3/t13-,14+,15+/m0/s1. The van der Waals surface area contributed by atoms with Crippen LogP contribution in [-0.2, 0) is 6.54 Å². The third-order valence-electron chi connectivity index (χ3n) is 3.79. The zero-order valence-corrected chi connectivity index (χ0v) is 11.0. The molecule has 1 aromatic rings. The molecule has 0 aliphatic heterocycles. The Morgan fingerprint density at radius 1 is 1.17 bits per heavy atom. The van der Waals surface area contributed by atoms with Gasteiger partial charge in [-0.05, 0) is 25.5 Å². The van der Waals surface area contributed by atoms with Crippen LogP contribution in [0.4, 0.5) is 0 Å². The molecular formula is C15H23NO2. The lowest BCUT2D eigenvalue weighted by molar-refractivity contribution is -0.0517. The number of hydrogen-bond acceptors (Lipinski definition) is 3. The lowest BCUT2D eigenvalue weighted by Gasteiger charge is -2.34. The summed E-state index contributed by atoms with van der Waals surface area (Å²) in [5.74, 6) is 0.197. The van der Waals surface area contributed by atoms with Gasteiger partial charge in [0.2, 0.25) is 0 Å². The highest BCUT2D eigenvalue weighted by Crippen LogP contribution is 2.25. The van der Waals surface area contributed by atoms with Crippen molar-refractivity contribution < 1.29 is 10.2 Å². The molecule has 1 aliphatic carbocycles. The Morgan fingerprint density at radius 2 is 1.89 bits per heavy atom. The summed E-state index contributed by atoms with van der Waals surface area (Å²) in [5, 5.41) is 19.7. The van der Waals surface area contributed by atoms with Crippen molar-refractivity contribution in [3.63, 3.8) is 0 Å². The van der Waals surface area contributed by atoms with Crippen LogP contribution in [0.1, 0.15) is 24.8 Å². The van der Waals surface area contributed by atoms with Gasteiger partial charge in [0.15, 0.2) is 0 Å². The van der Waals surface area contributed by atoms with E-state index in [1.54, 1.807) is 0 Å². The summed E-state index contributed by atoms with van der Waals surface area (Å²) in [7, 11) is 2.07. The van der Waals surface area contributed by atoms with Crippen molar-refractivity contribution in [1.29, 1.82) is 0 Å². The van der Waals surface area contributed by atoms with E-state index in [4.69, 9.17) is 0 Å². The number of aliphatic hydroxyl groups excluding tert-OH is 2. The van der Waals surface area contributed by atoms with E-state index in [1.807, 2.05) is 18.2 Å². The summed E-state index contributed by atoms with van der Waals surface area (Å²) < 4.78 is 0. The predicted molar refractivity (Wildman–Crippen MR) is 72.1 cm³/mol. The molecule has 1 saturated carbocycles. The van der Waals surface area contributed by atoms with Gasteiger partial charge in [-0.2, -0.15) is 0 Å². The number of benzene rings is 1. The summed E-state index contributed by atoms with van der Waals surface area (Å²) in [5.41, 5.74) is 1.28. The largest absolute Gasteiger partial charge is 0.390 e. The highest BCUT2D eigenvalue weighted by atomic mass is 16.3. The number of hydrogen-bond donors (Lipinski definition) is 2. The predicted octanol–water partition coefficient (Wildman–Crippen LogP) is 1.64. The highest BCUT2D eigenvalue weighted by Gasteiger charge is 2.30. The van der Waals surface area contributed by atoms with Crippen LogP contribution < -0.4 is 0 Å². The van der Waals surface area contributed by atoms with E-state index in [0.717, 1.165) is 32.4 Å². The number of aliphatic hydroxyl groups is 2. The van der Waals surface area contributed by atoms with Gasteiger partial charge in [-0.25, -0.2) is 0 Å². The molecule has 1 aliphatic rings. The van der Waals surface area contributed by atoms with Crippen molar-refractivity contribution >= 4 is 0 Å². The van der Waals surface area contributed by atoms with Gasteiger partial charge in [0.05, 0.1) is 12.2 Å². The van der Waals surface area contributed by atoms with Crippen LogP contribution in [0, 0.1) is 5.92 Å².